The lowest BCUT2D eigenvalue weighted by Gasteiger charge is -2.06. The van der Waals surface area contributed by atoms with Crippen LogP contribution in [-0.4, -0.2) is 37.9 Å². The van der Waals surface area contributed by atoms with Crippen molar-refractivity contribution in [2.45, 2.75) is 6.42 Å². The number of carbonyl (C=O) groups excluding carboxylic acids is 2. The highest BCUT2D eigenvalue weighted by atomic mass is 32.1. The topological polar surface area (TPSA) is 132 Å². The third-order valence-corrected chi connectivity index (χ3v) is 5.34. The average molecular weight is 454 g/mol. The second kappa shape index (κ2) is 8.89. The van der Waals surface area contributed by atoms with Crippen LogP contribution in [0, 0.1) is 15.9 Å². The first-order valence-corrected chi connectivity index (χ1v) is 10.2. The van der Waals surface area contributed by atoms with Crippen LogP contribution in [-0.2, 0) is 16.0 Å². The van der Waals surface area contributed by atoms with Crippen LogP contribution < -0.4 is 10.6 Å². The highest BCUT2D eigenvalue weighted by molar-refractivity contribution is 7.15. The summed E-state index contributed by atoms with van der Waals surface area (Å²) >= 11 is 1.36. The van der Waals surface area contributed by atoms with Crippen LogP contribution in [0.5, 0.6) is 0 Å². The fraction of sp³-hybridized carbons (Fsp3) is 0.100. The third-order valence-electron chi connectivity index (χ3n) is 4.47. The Bertz CT molecular complexity index is 1320. The molecule has 2 aromatic carbocycles. The maximum absolute atomic E-state index is 13.1. The number of nitrogens with one attached hydrogen (secondary N) is 2. The molecule has 0 atom stereocenters. The largest absolute Gasteiger partial charge is 0.347 e. The number of halogens is 1. The molecule has 0 aliphatic heterocycles. The van der Waals surface area contributed by atoms with E-state index in [9.17, 15) is 24.1 Å². The van der Waals surface area contributed by atoms with E-state index in [0.717, 1.165) is 5.69 Å². The number of nitrogens with zero attached hydrogens (tertiary/aromatic N) is 4. The zero-order valence-corrected chi connectivity index (χ0v) is 17.1. The van der Waals surface area contributed by atoms with E-state index in [1.807, 2.05) is 5.38 Å². The summed E-state index contributed by atoms with van der Waals surface area (Å²) in [5, 5.41) is 22.0. The number of aromatic nitrogens is 3. The molecule has 0 bridgehead atoms. The van der Waals surface area contributed by atoms with Crippen LogP contribution in [0.15, 0.2) is 53.9 Å². The number of para-hydroxylation sites is 2. The van der Waals surface area contributed by atoms with Crippen LogP contribution in [0.4, 0.5) is 15.8 Å². The average Bonchev–Trinajstić information content (AvgIpc) is 3.36. The van der Waals surface area contributed by atoms with E-state index in [1.165, 1.54) is 47.7 Å². The van der Waals surface area contributed by atoms with E-state index in [0.29, 0.717) is 22.8 Å². The molecular weight excluding hydrogens is 439 g/mol. The number of thiazole rings is 1. The number of anilines is 1. The Morgan fingerprint density at radius 2 is 1.88 bits per heavy atom. The third kappa shape index (κ3) is 4.44. The van der Waals surface area contributed by atoms with E-state index >= 15 is 0 Å². The minimum absolute atomic E-state index is 0.0619. The molecule has 0 saturated carbocycles. The standard InChI is InChI=1S/C20H15FN6O4S/c21-13-7-5-12(6-8-13)17-24-20-26(25-17)14(11-32-20)9-10-22-18(28)19(29)23-15-3-1-2-4-16(15)27(30)31/h1-8,11H,9-10H2,(H,22,28)(H,23,29). The zero-order chi connectivity index (χ0) is 22.7. The molecule has 0 radical (unpaired) electrons. The SMILES string of the molecule is O=C(NCCc1csc2nc(-c3ccc(F)cc3)nn12)C(=O)Nc1ccccc1[N+](=O)[O-]. The van der Waals surface area contributed by atoms with Gasteiger partial charge in [0.05, 0.1) is 10.6 Å². The van der Waals surface area contributed by atoms with Gasteiger partial charge in [-0.25, -0.2) is 8.91 Å². The molecule has 0 aliphatic rings. The molecule has 0 spiro atoms. The van der Waals surface area contributed by atoms with Crippen molar-refractivity contribution in [3.05, 3.63) is 75.5 Å². The second-order valence-corrected chi connectivity index (χ2v) is 7.43. The summed E-state index contributed by atoms with van der Waals surface area (Å²) < 4.78 is 14.7. The smallest absolute Gasteiger partial charge is 0.313 e. The number of hydrogen-bond acceptors (Lipinski definition) is 7. The van der Waals surface area contributed by atoms with E-state index in [4.69, 9.17) is 0 Å². The Morgan fingerprint density at radius 3 is 2.62 bits per heavy atom. The van der Waals surface area contributed by atoms with E-state index in [2.05, 4.69) is 20.7 Å². The molecule has 0 aliphatic carbocycles. The van der Waals surface area contributed by atoms with Gasteiger partial charge in [0.2, 0.25) is 4.96 Å². The van der Waals surface area contributed by atoms with Gasteiger partial charge in [0.15, 0.2) is 5.82 Å². The number of fused-ring (bicyclic) bond motifs is 1. The molecule has 0 saturated heterocycles. The van der Waals surface area contributed by atoms with Crippen molar-refractivity contribution in [2.24, 2.45) is 0 Å². The lowest BCUT2D eigenvalue weighted by atomic mass is 10.2. The first-order valence-electron chi connectivity index (χ1n) is 9.34. The molecule has 2 N–H and O–H groups in total. The van der Waals surface area contributed by atoms with Crippen LogP contribution in [0.3, 0.4) is 0 Å². The van der Waals surface area contributed by atoms with Gasteiger partial charge in [-0.15, -0.1) is 16.4 Å². The van der Waals surface area contributed by atoms with Gasteiger partial charge >= 0.3 is 11.8 Å². The quantitative estimate of drug-likeness (QED) is 0.262. The molecule has 4 rings (SSSR count). The number of carbonyl (C=O) groups is 2. The van der Waals surface area contributed by atoms with Gasteiger partial charge in [-0.1, -0.05) is 12.1 Å². The predicted molar refractivity (Wildman–Crippen MR) is 115 cm³/mol. The molecule has 12 heteroatoms. The molecule has 32 heavy (non-hydrogen) atoms. The Labute approximate surface area is 183 Å². The highest BCUT2D eigenvalue weighted by Gasteiger charge is 2.19. The molecule has 0 fully saturated rings. The number of rotatable bonds is 6. The maximum atomic E-state index is 13.1. The monoisotopic (exact) mass is 454 g/mol. The molecule has 2 amide bonds. The van der Waals surface area contributed by atoms with Gasteiger partial charge < -0.3 is 10.6 Å². The summed E-state index contributed by atoms with van der Waals surface area (Å²) in [6, 6.07) is 11.4. The second-order valence-electron chi connectivity index (χ2n) is 6.60. The molecule has 2 aromatic heterocycles. The minimum atomic E-state index is -1.01. The minimum Gasteiger partial charge on any atom is -0.347 e. The van der Waals surface area contributed by atoms with Crippen LogP contribution in [0.25, 0.3) is 16.3 Å². The summed E-state index contributed by atoms with van der Waals surface area (Å²) in [5.74, 6) is -1.82. The normalized spacial score (nSPS) is 10.8. The van der Waals surface area contributed by atoms with Gasteiger partial charge in [0.1, 0.15) is 11.5 Å². The number of nitro benzene ring substituents is 1. The number of hydrogen-bond donors (Lipinski definition) is 2. The first-order chi connectivity index (χ1) is 15.4. The molecule has 162 valence electrons. The predicted octanol–water partition coefficient (Wildman–Crippen LogP) is 2.80. The Kier molecular flexibility index (Phi) is 5.85. The lowest BCUT2D eigenvalue weighted by molar-refractivity contribution is -0.383. The van der Waals surface area contributed by atoms with E-state index in [-0.39, 0.29) is 23.7 Å². The van der Waals surface area contributed by atoms with Crippen molar-refractivity contribution in [3.63, 3.8) is 0 Å². The van der Waals surface area contributed by atoms with Crippen molar-refractivity contribution >= 4 is 39.5 Å². The Morgan fingerprint density at radius 1 is 1.12 bits per heavy atom. The van der Waals surface area contributed by atoms with Crippen LogP contribution in [0.2, 0.25) is 0 Å². The van der Waals surface area contributed by atoms with Gasteiger partial charge in [0, 0.05) is 30.0 Å². The maximum Gasteiger partial charge on any atom is 0.313 e. The molecule has 4 aromatic rings. The molecule has 10 nitrogen and oxygen atoms in total. The summed E-state index contributed by atoms with van der Waals surface area (Å²) in [6.45, 7) is 0.140. The van der Waals surface area contributed by atoms with E-state index in [1.54, 1.807) is 16.6 Å². The summed E-state index contributed by atoms with van der Waals surface area (Å²) in [5.41, 5.74) is 1.07. The number of amides is 2. The molecule has 0 unspecified atom stereocenters. The Balaban J connectivity index is 1.37. The molecule has 2 heterocycles. The van der Waals surface area contributed by atoms with Crippen molar-refractivity contribution in [1.29, 1.82) is 0 Å². The van der Waals surface area contributed by atoms with Gasteiger partial charge in [-0.05, 0) is 30.3 Å². The van der Waals surface area contributed by atoms with Crippen molar-refractivity contribution in [3.8, 4) is 11.4 Å². The zero-order valence-electron chi connectivity index (χ0n) is 16.3. The van der Waals surface area contributed by atoms with Crippen molar-refractivity contribution < 1.29 is 18.9 Å². The molecular formula is C20H15FN6O4S. The first kappa shape index (κ1) is 21.1. The van der Waals surface area contributed by atoms with Crippen molar-refractivity contribution in [2.75, 3.05) is 11.9 Å². The summed E-state index contributed by atoms with van der Waals surface area (Å²) in [7, 11) is 0. The Hall–Kier alpha value is -4.19. The van der Waals surface area contributed by atoms with Crippen LogP contribution >= 0.6 is 11.3 Å². The van der Waals surface area contributed by atoms with E-state index < -0.39 is 16.7 Å². The fourth-order valence-electron chi connectivity index (χ4n) is 2.92. The fourth-order valence-corrected chi connectivity index (χ4v) is 3.78. The van der Waals surface area contributed by atoms with Gasteiger partial charge in [-0.2, -0.15) is 4.98 Å². The lowest BCUT2D eigenvalue weighted by Crippen LogP contribution is -2.36. The number of benzene rings is 2. The summed E-state index contributed by atoms with van der Waals surface area (Å²) in [4.78, 5) is 39.6. The van der Waals surface area contributed by atoms with Crippen LogP contribution in [0.1, 0.15) is 5.69 Å². The number of nitro groups is 1. The highest BCUT2D eigenvalue weighted by Crippen LogP contribution is 2.23. The van der Waals surface area contributed by atoms with Gasteiger partial charge in [0.25, 0.3) is 5.69 Å². The van der Waals surface area contributed by atoms with Gasteiger partial charge in [-0.3, -0.25) is 19.7 Å². The van der Waals surface area contributed by atoms with Crippen molar-refractivity contribution in [1.82, 2.24) is 19.9 Å². The summed E-state index contributed by atoms with van der Waals surface area (Å²) in [6.07, 6.45) is 0.372.